The molecular weight excluding hydrogens is 406 g/mol. The molecule has 4 rings (SSSR count). The average Bonchev–Trinajstić information content (AvgIpc) is 3.45. The second-order valence-corrected chi connectivity index (χ2v) is 9.32. The maximum atomic E-state index is 12.9. The molecule has 1 aliphatic heterocycles. The lowest BCUT2D eigenvalue weighted by atomic mass is 9.73. The highest BCUT2D eigenvalue weighted by molar-refractivity contribution is 5.89. The standard InChI is InChI=1S/C23H26F2N2O4/c1-22(2,3)31-21(28)27-10-8-23(13-26,9-11-27)16-6-7-17(30-20(24)25)19-15(16)12-18(29-19)14-4-5-14/h6-7,12,14,20H,4-5,8-11H2,1-3H3. The van der Waals surface area contributed by atoms with E-state index in [1.807, 2.05) is 26.8 Å². The number of nitrogens with zero attached hydrogens (tertiary/aromatic N) is 2. The quantitative estimate of drug-likeness (QED) is 0.619. The molecule has 1 aromatic carbocycles. The first kappa shape index (κ1) is 21.4. The molecule has 0 spiro atoms. The molecule has 2 aliphatic rings. The number of carbonyl (C=O) groups excluding carboxylic acids is 1. The Kier molecular flexibility index (Phi) is 5.32. The Balaban J connectivity index is 1.65. The minimum absolute atomic E-state index is 0.0278. The number of amides is 1. The molecule has 0 radical (unpaired) electrons. The van der Waals surface area contributed by atoms with Gasteiger partial charge in [0.2, 0.25) is 0 Å². The van der Waals surface area contributed by atoms with E-state index in [-0.39, 0.29) is 17.3 Å². The number of fused-ring (bicyclic) bond motifs is 1. The van der Waals surface area contributed by atoms with Crippen molar-refractivity contribution in [1.82, 2.24) is 4.90 Å². The predicted molar refractivity (Wildman–Crippen MR) is 109 cm³/mol. The van der Waals surface area contributed by atoms with Crippen LogP contribution in [0.4, 0.5) is 13.6 Å². The van der Waals surface area contributed by atoms with Crippen molar-refractivity contribution in [2.75, 3.05) is 13.1 Å². The first-order chi connectivity index (χ1) is 14.6. The lowest BCUT2D eigenvalue weighted by Crippen LogP contribution is -2.46. The molecule has 1 amide bonds. The predicted octanol–water partition coefficient (Wildman–Crippen LogP) is 5.70. The Bertz CT molecular complexity index is 1020. The summed E-state index contributed by atoms with van der Waals surface area (Å²) in [7, 11) is 0. The van der Waals surface area contributed by atoms with Gasteiger partial charge in [-0.05, 0) is 64.2 Å². The number of nitriles is 1. The number of ether oxygens (including phenoxy) is 2. The first-order valence-corrected chi connectivity index (χ1v) is 10.5. The molecule has 166 valence electrons. The molecule has 0 atom stereocenters. The van der Waals surface area contributed by atoms with Gasteiger partial charge in [0.15, 0.2) is 11.3 Å². The van der Waals surface area contributed by atoms with E-state index >= 15 is 0 Å². The first-order valence-electron chi connectivity index (χ1n) is 10.5. The average molecular weight is 432 g/mol. The molecular formula is C23H26F2N2O4. The lowest BCUT2D eigenvalue weighted by molar-refractivity contribution is -0.0494. The summed E-state index contributed by atoms with van der Waals surface area (Å²) < 4.78 is 41.8. The molecule has 0 N–H and O–H groups in total. The zero-order valence-electron chi connectivity index (χ0n) is 17.9. The summed E-state index contributed by atoms with van der Waals surface area (Å²) in [6, 6.07) is 7.43. The molecule has 2 aromatic rings. The van der Waals surface area contributed by atoms with Crippen LogP contribution in [0.15, 0.2) is 22.6 Å². The number of rotatable bonds is 4. The van der Waals surface area contributed by atoms with E-state index in [1.54, 1.807) is 11.0 Å². The Morgan fingerprint density at radius 1 is 1.29 bits per heavy atom. The molecule has 1 aromatic heterocycles. The monoisotopic (exact) mass is 432 g/mol. The number of halogens is 2. The summed E-state index contributed by atoms with van der Waals surface area (Å²) in [4.78, 5) is 14.0. The van der Waals surface area contributed by atoms with Crippen LogP contribution in [-0.2, 0) is 10.2 Å². The Morgan fingerprint density at radius 3 is 2.52 bits per heavy atom. The maximum absolute atomic E-state index is 12.9. The number of hydrogen-bond acceptors (Lipinski definition) is 5. The van der Waals surface area contributed by atoms with Crippen molar-refractivity contribution in [1.29, 1.82) is 5.26 Å². The molecule has 1 saturated carbocycles. The van der Waals surface area contributed by atoms with Crippen molar-refractivity contribution in [2.45, 2.75) is 70.0 Å². The number of piperidine rings is 1. The minimum Gasteiger partial charge on any atom is -0.457 e. The summed E-state index contributed by atoms with van der Waals surface area (Å²) in [6.07, 6.45) is 2.42. The van der Waals surface area contributed by atoms with Crippen molar-refractivity contribution in [3.8, 4) is 11.8 Å². The van der Waals surface area contributed by atoms with E-state index in [0.29, 0.717) is 31.3 Å². The molecule has 0 bridgehead atoms. The van der Waals surface area contributed by atoms with Crippen molar-refractivity contribution in [3.05, 3.63) is 29.5 Å². The second kappa shape index (κ2) is 7.70. The minimum atomic E-state index is -2.97. The van der Waals surface area contributed by atoms with E-state index in [0.717, 1.165) is 24.2 Å². The smallest absolute Gasteiger partial charge is 0.410 e. The van der Waals surface area contributed by atoms with Crippen molar-refractivity contribution in [2.24, 2.45) is 0 Å². The van der Waals surface area contributed by atoms with Crippen LogP contribution in [0.3, 0.4) is 0 Å². The van der Waals surface area contributed by atoms with Gasteiger partial charge in [0.05, 0.1) is 11.5 Å². The zero-order valence-corrected chi connectivity index (χ0v) is 17.9. The normalized spacial score (nSPS) is 18.8. The molecule has 0 unspecified atom stereocenters. The summed E-state index contributed by atoms with van der Waals surface area (Å²) in [5.74, 6) is 0.993. The van der Waals surface area contributed by atoms with Crippen LogP contribution in [-0.4, -0.2) is 36.3 Å². The van der Waals surface area contributed by atoms with Crippen LogP contribution in [0.5, 0.6) is 5.75 Å². The fourth-order valence-corrected chi connectivity index (χ4v) is 4.13. The van der Waals surface area contributed by atoms with Gasteiger partial charge in [-0.1, -0.05) is 6.07 Å². The van der Waals surface area contributed by atoms with Gasteiger partial charge in [-0.25, -0.2) is 4.79 Å². The number of carbonyl (C=O) groups is 1. The van der Waals surface area contributed by atoms with Gasteiger partial charge in [0.1, 0.15) is 11.4 Å². The van der Waals surface area contributed by atoms with E-state index < -0.39 is 23.7 Å². The van der Waals surface area contributed by atoms with E-state index in [2.05, 4.69) is 10.8 Å². The summed E-state index contributed by atoms with van der Waals surface area (Å²) >= 11 is 0. The Hall–Kier alpha value is -2.82. The van der Waals surface area contributed by atoms with Gasteiger partial charge in [-0.15, -0.1) is 0 Å². The van der Waals surface area contributed by atoms with E-state index in [1.165, 1.54) is 6.07 Å². The van der Waals surface area contributed by atoms with Crippen LogP contribution >= 0.6 is 0 Å². The molecule has 1 aliphatic carbocycles. The van der Waals surface area contributed by atoms with E-state index in [4.69, 9.17) is 9.15 Å². The Labute approximate surface area is 179 Å². The molecule has 2 heterocycles. The summed E-state index contributed by atoms with van der Waals surface area (Å²) in [5, 5.41) is 10.8. The summed E-state index contributed by atoms with van der Waals surface area (Å²) in [6.45, 7) is 3.20. The van der Waals surface area contributed by atoms with Gasteiger partial charge in [0.25, 0.3) is 0 Å². The Morgan fingerprint density at radius 2 is 1.97 bits per heavy atom. The lowest BCUT2D eigenvalue weighted by Gasteiger charge is -2.38. The highest BCUT2D eigenvalue weighted by Crippen LogP contribution is 2.47. The number of furan rings is 1. The van der Waals surface area contributed by atoms with Crippen LogP contribution in [0.2, 0.25) is 0 Å². The number of benzene rings is 1. The third-order valence-corrected chi connectivity index (χ3v) is 5.86. The van der Waals surface area contributed by atoms with Gasteiger partial charge in [0, 0.05) is 24.4 Å². The molecule has 2 fully saturated rings. The molecule has 6 nitrogen and oxygen atoms in total. The van der Waals surface area contributed by atoms with Crippen LogP contribution in [0.25, 0.3) is 11.0 Å². The van der Waals surface area contributed by atoms with Crippen molar-refractivity contribution in [3.63, 3.8) is 0 Å². The maximum Gasteiger partial charge on any atom is 0.410 e. The topological polar surface area (TPSA) is 75.7 Å². The van der Waals surface area contributed by atoms with Crippen LogP contribution in [0, 0.1) is 11.3 Å². The third kappa shape index (κ3) is 4.32. The van der Waals surface area contributed by atoms with Gasteiger partial charge in [-0.3, -0.25) is 0 Å². The zero-order chi connectivity index (χ0) is 22.4. The molecule has 1 saturated heterocycles. The number of likely N-dealkylation sites (tertiary alicyclic amines) is 1. The second-order valence-electron chi connectivity index (χ2n) is 9.32. The van der Waals surface area contributed by atoms with Gasteiger partial charge < -0.3 is 18.8 Å². The van der Waals surface area contributed by atoms with Gasteiger partial charge >= 0.3 is 12.7 Å². The highest BCUT2D eigenvalue weighted by Gasteiger charge is 2.41. The fraction of sp³-hybridized carbons (Fsp3) is 0.565. The van der Waals surface area contributed by atoms with Crippen molar-refractivity contribution < 1.29 is 27.5 Å². The SMILES string of the molecule is CC(C)(C)OC(=O)N1CCC(C#N)(c2ccc(OC(F)F)c3oc(C4CC4)cc23)CC1. The number of hydrogen-bond donors (Lipinski definition) is 0. The number of alkyl halides is 2. The fourth-order valence-electron chi connectivity index (χ4n) is 4.13. The molecule has 8 heteroatoms. The van der Waals surface area contributed by atoms with Gasteiger partial charge in [-0.2, -0.15) is 14.0 Å². The van der Waals surface area contributed by atoms with E-state index in [9.17, 15) is 18.8 Å². The highest BCUT2D eigenvalue weighted by atomic mass is 19.3. The molecule has 31 heavy (non-hydrogen) atoms. The third-order valence-electron chi connectivity index (χ3n) is 5.86. The van der Waals surface area contributed by atoms with Crippen molar-refractivity contribution >= 4 is 17.1 Å². The largest absolute Gasteiger partial charge is 0.457 e. The van der Waals surface area contributed by atoms with Crippen LogP contribution < -0.4 is 4.74 Å². The van der Waals surface area contributed by atoms with Crippen LogP contribution in [0.1, 0.15) is 63.7 Å². The summed E-state index contributed by atoms with van der Waals surface area (Å²) in [5.41, 5.74) is -0.469.